The lowest BCUT2D eigenvalue weighted by Gasteiger charge is -2.11. The molecule has 0 aliphatic carbocycles. The Morgan fingerprint density at radius 2 is 1.08 bits per heavy atom. The fourth-order valence-corrected chi connectivity index (χ4v) is 8.68. The Hall–Kier alpha value is -6.63. The molecule has 0 saturated carbocycles. The van der Waals surface area contributed by atoms with Crippen LogP contribution in [0.2, 0.25) is 0 Å². The molecule has 4 aromatic heterocycles. The number of hydrogen-bond acceptors (Lipinski definition) is 4. The molecule has 6 heteroatoms. The zero-order chi connectivity index (χ0) is 37.8. The van der Waals surface area contributed by atoms with Crippen molar-refractivity contribution in [3.8, 4) is 34.4 Å². The third-order valence-electron chi connectivity index (χ3n) is 9.68. The zero-order valence-corrected chi connectivity index (χ0v) is 27.7. The molecule has 0 atom stereocenters. The van der Waals surface area contributed by atoms with E-state index in [1.54, 1.807) is 15.9 Å². The van der Waals surface area contributed by atoms with E-state index in [1.165, 1.54) is 10.1 Å². The van der Waals surface area contributed by atoms with Gasteiger partial charge in [-0.1, -0.05) is 115 Å². The van der Waals surface area contributed by atoms with Crippen molar-refractivity contribution in [3.63, 3.8) is 0 Å². The number of fused-ring (bicyclic) bond motifs is 9. The number of benzene rings is 7. The summed E-state index contributed by atoms with van der Waals surface area (Å²) in [4.78, 5) is 15.6. The highest BCUT2D eigenvalue weighted by molar-refractivity contribution is 7.26. The third kappa shape index (κ3) is 4.24. The lowest BCUT2D eigenvalue weighted by atomic mass is 10.1. The predicted molar refractivity (Wildman–Crippen MR) is 212 cm³/mol. The molecule has 0 amide bonds. The van der Waals surface area contributed by atoms with Gasteiger partial charge in [0.25, 0.3) is 0 Å². The van der Waals surface area contributed by atoms with Gasteiger partial charge in [-0.15, -0.1) is 11.3 Å². The Morgan fingerprint density at radius 3 is 1.84 bits per heavy atom. The van der Waals surface area contributed by atoms with Crippen LogP contribution in [0.25, 0.3) is 98.2 Å². The molecule has 0 aliphatic rings. The lowest BCUT2D eigenvalue weighted by molar-refractivity contribution is 0.955. The second-order valence-electron chi connectivity index (χ2n) is 12.5. The number of rotatable bonds is 4. The third-order valence-corrected chi connectivity index (χ3v) is 10.9. The van der Waals surface area contributed by atoms with Gasteiger partial charge in [0.1, 0.15) is 0 Å². The van der Waals surface area contributed by atoms with Crippen LogP contribution in [0.15, 0.2) is 164 Å². The second kappa shape index (κ2) is 10.9. The molecule has 238 valence electrons. The van der Waals surface area contributed by atoms with E-state index < -0.39 is 6.04 Å². The molecule has 51 heavy (non-hydrogen) atoms. The SMILES string of the molecule is [2H]c1c([2H])c([2H])c(-n2c3ccccc3c3cc4c(cc32)c2ccccc2n4-c2nc(-c3ccccc3)nc(-c3cccc4c3sc3ccccc34)n2)c([2H])c1[2H]. The number of hydrogen-bond donors (Lipinski definition) is 0. The summed E-state index contributed by atoms with van der Waals surface area (Å²) in [7, 11) is 0. The Bertz CT molecular complexity index is 3410. The highest BCUT2D eigenvalue weighted by Crippen LogP contribution is 2.41. The fraction of sp³-hybridized carbons (Fsp3) is 0. The highest BCUT2D eigenvalue weighted by atomic mass is 32.1. The molecule has 0 fully saturated rings. The van der Waals surface area contributed by atoms with Crippen LogP contribution in [-0.4, -0.2) is 24.1 Å². The van der Waals surface area contributed by atoms with Gasteiger partial charge in [0.05, 0.1) is 28.9 Å². The Labute approximate surface area is 303 Å². The summed E-state index contributed by atoms with van der Waals surface area (Å²) >= 11 is 1.73. The standard InChI is InChI=1S/C45H27N5S/c1-3-14-28(15-4-1)43-46-44(34-22-13-21-33-32-20-9-12-25-41(32)51-42(33)34)48-45(47-43)50-38-24-11-8-19-31(38)36-26-39-35(27-40(36)50)30-18-7-10-23-37(30)49(39)29-16-5-2-6-17-29/h1-27H/i2D,5D,6D,16D,17D. The van der Waals surface area contributed by atoms with Crippen molar-refractivity contribution in [1.29, 1.82) is 0 Å². The van der Waals surface area contributed by atoms with Crippen LogP contribution in [-0.2, 0) is 0 Å². The first-order valence-corrected chi connectivity index (χ1v) is 17.4. The van der Waals surface area contributed by atoms with Gasteiger partial charge in [-0.25, -0.2) is 4.98 Å². The summed E-state index contributed by atoms with van der Waals surface area (Å²) in [5.41, 5.74) is 5.10. The van der Waals surface area contributed by atoms with Crippen LogP contribution in [0.4, 0.5) is 0 Å². The van der Waals surface area contributed by atoms with Crippen molar-refractivity contribution in [2.45, 2.75) is 0 Å². The first-order chi connectivity index (χ1) is 27.4. The molecule has 0 unspecified atom stereocenters. The van der Waals surface area contributed by atoms with Crippen LogP contribution in [0.1, 0.15) is 6.85 Å². The van der Waals surface area contributed by atoms with Crippen LogP contribution >= 0.6 is 11.3 Å². The van der Waals surface area contributed by atoms with E-state index in [0.717, 1.165) is 64.8 Å². The van der Waals surface area contributed by atoms with Crippen LogP contribution in [0, 0.1) is 0 Å². The van der Waals surface area contributed by atoms with Crippen LogP contribution in [0.3, 0.4) is 0 Å². The van der Waals surface area contributed by atoms with E-state index in [1.807, 2.05) is 66.7 Å². The summed E-state index contributed by atoms with van der Waals surface area (Å²) in [6.07, 6.45) is 0. The van der Waals surface area contributed by atoms with Crippen molar-refractivity contribution < 1.29 is 6.85 Å². The molecule has 0 radical (unpaired) electrons. The summed E-state index contributed by atoms with van der Waals surface area (Å²) in [6, 6.07) is 43.0. The second-order valence-corrected chi connectivity index (χ2v) is 13.5. The molecule has 4 heterocycles. The fourth-order valence-electron chi connectivity index (χ4n) is 7.47. The van der Waals surface area contributed by atoms with Gasteiger partial charge in [0.2, 0.25) is 5.95 Å². The van der Waals surface area contributed by atoms with Gasteiger partial charge in [0.15, 0.2) is 11.6 Å². The van der Waals surface area contributed by atoms with E-state index in [4.69, 9.17) is 21.8 Å². The molecule has 0 bridgehead atoms. The average molecular weight is 675 g/mol. The summed E-state index contributed by atoms with van der Waals surface area (Å²) in [6.45, 7) is 0. The minimum atomic E-state index is -0.426. The van der Waals surface area contributed by atoms with Crippen molar-refractivity contribution in [2.24, 2.45) is 0 Å². The molecule has 11 rings (SSSR count). The molecular formula is C45H27N5S. The number of thiophene rings is 1. The molecule has 5 nitrogen and oxygen atoms in total. The van der Waals surface area contributed by atoms with Gasteiger partial charge in [-0.3, -0.25) is 4.57 Å². The number of para-hydroxylation sites is 3. The first-order valence-electron chi connectivity index (χ1n) is 19.1. The quantitative estimate of drug-likeness (QED) is 0.187. The molecule has 11 aromatic rings. The topological polar surface area (TPSA) is 48.5 Å². The highest BCUT2D eigenvalue weighted by Gasteiger charge is 2.22. The average Bonchev–Trinajstić information content (AvgIpc) is 3.89. The molecular weight excluding hydrogens is 643 g/mol. The summed E-state index contributed by atoms with van der Waals surface area (Å²) in [5.74, 6) is 1.58. The van der Waals surface area contributed by atoms with Crippen molar-refractivity contribution >= 4 is 75.1 Å². The van der Waals surface area contributed by atoms with E-state index in [2.05, 4.69) is 71.3 Å². The molecule has 0 N–H and O–H groups in total. The molecule has 0 saturated heterocycles. The monoisotopic (exact) mass is 674 g/mol. The van der Waals surface area contributed by atoms with Gasteiger partial charge < -0.3 is 4.57 Å². The maximum absolute atomic E-state index is 8.92. The molecule has 7 aromatic carbocycles. The Kier molecular flexibility index (Phi) is 5.08. The van der Waals surface area contributed by atoms with E-state index in [9.17, 15) is 0 Å². The summed E-state index contributed by atoms with van der Waals surface area (Å²) in [5, 5.41) is 5.95. The van der Waals surface area contributed by atoms with Crippen molar-refractivity contribution in [1.82, 2.24) is 24.1 Å². The maximum Gasteiger partial charge on any atom is 0.238 e. The largest absolute Gasteiger partial charge is 0.309 e. The normalized spacial score (nSPS) is 13.3. The van der Waals surface area contributed by atoms with Crippen LogP contribution < -0.4 is 0 Å². The van der Waals surface area contributed by atoms with Crippen LogP contribution in [0.5, 0.6) is 0 Å². The lowest BCUT2D eigenvalue weighted by Crippen LogP contribution is -2.06. The smallest absolute Gasteiger partial charge is 0.238 e. The van der Waals surface area contributed by atoms with Gasteiger partial charge >= 0.3 is 0 Å². The van der Waals surface area contributed by atoms with E-state index in [-0.39, 0.29) is 29.9 Å². The summed E-state index contributed by atoms with van der Waals surface area (Å²) < 4.78 is 49.2. The predicted octanol–water partition coefficient (Wildman–Crippen LogP) is 11.8. The zero-order valence-electron chi connectivity index (χ0n) is 31.8. The number of aromatic nitrogens is 5. The molecule has 0 spiro atoms. The van der Waals surface area contributed by atoms with Gasteiger partial charge in [-0.05, 0) is 48.5 Å². The van der Waals surface area contributed by atoms with Crippen molar-refractivity contribution in [3.05, 3.63) is 164 Å². The van der Waals surface area contributed by atoms with E-state index in [0.29, 0.717) is 17.6 Å². The van der Waals surface area contributed by atoms with Gasteiger partial charge in [0, 0.05) is 58.5 Å². The Morgan fingerprint density at radius 1 is 0.471 bits per heavy atom. The number of nitrogens with zero attached hydrogens (tertiary/aromatic N) is 5. The first kappa shape index (κ1) is 23.7. The Balaban J connectivity index is 1.24. The molecule has 0 aliphatic heterocycles. The van der Waals surface area contributed by atoms with Crippen molar-refractivity contribution in [2.75, 3.05) is 0 Å². The van der Waals surface area contributed by atoms with Gasteiger partial charge in [-0.2, -0.15) is 9.97 Å². The minimum absolute atomic E-state index is 0.107. The van der Waals surface area contributed by atoms with E-state index >= 15 is 0 Å². The minimum Gasteiger partial charge on any atom is -0.309 e. The maximum atomic E-state index is 8.92.